The van der Waals surface area contributed by atoms with E-state index in [1.807, 2.05) is 0 Å². The Morgan fingerprint density at radius 3 is 2.71 bits per heavy atom. The quantitative estimate of drug-likeness (QED) is 0.534. The minimum atomic E-state index is -0.361. The van der Waals surface area contributed by atoms with Crippen LogP contribution in [0.1, 0.15) is 40.0 Å². The van der Waals surface area contributed by atoms with E-state index in [2.05, 4.69) is 23.6 Å². The molecule has 0 aliphatic carbocycles. The molecule has 5 nitrogen and oxygen atoms in total. The molecule has 0 aromatic heterocycles. The number of thioether (sulfide) groups is 1. The Morgan fingerprint density at radius 1 is 1.43 bits per heavy atom. The molecule has 1 aliphatic heterocycles. The maximum atomic E-state index is 11.8. The van der Waals surface area contributed by atoms with Gasteiger partial charge in [-0.1, -0.05) is 13.8 Å². The van der Waals surface area contributed by atoms with Crippen LogP contribution in [0.5, 0.6) is 0 Å². The summed E-state index contributed by atoms with van der Waals surface area (Å²) in [6.07, 6.45) is 1.91. The molecule has 0 aromatic carbocycles. The molecular weight excluding hydrogens is 290 g/mol. The predicted molar refractivity (Wildman–Crippen MR) is 84.5 cm³/mol. The zero-order chi connectivity index (χ0) is 15.8. The number of nitrogens with zero attached hydrogens (tertiary/aromatic N) is 1. The lowest BCUT2D eigenvalue weighted by atomic mass is 9.93. The van der Waals surface area contributed by atoms with Gasteiger partial charge >= 0.3 is 11.9 Å². The van der Waals surface area contributed by atoms with Gasteiger partial charge in [-0.05, 0) is 31.4 Å². The fraction of sp³-hybridized carbons (Fsp3) is 0.800. The van der Waals surface area contributed by atoms with Crippen LogP contribution < -0.4 is 0 Å². The normalized spacial score (nSPS) is 21.3. The van der Waals surface area contributed by atoms with Gasteiger partial charge in [0.1, 0.15) is 6.04 Å². The fourth-order valence-corrected chi connectivity index (χ4v) is 3.51. The molecule has 1 heterocycles. The highest BCUT2D eigenvalue weighted by atomic mass is 32.2. The van der Waals surface area contributed by atoms with Crippen LogP contribution in [-0.2, 0) is 19.1 Å². The van der Waals surface area contributed by atoms with Gasteiger partial charge in [-0.25, -0.2) is 4.79 Å². The fourth-order valence-electron chi connectivity index (χ4n) is 2.23. The topological polar surface area (TPSA) is 65.0 Å². The lowest BCUT2D eigenvalue weighted by Crippen LogP contribution is -2.21. The summed E-state index contributed by atoms with van der Waals surface area (Å²) in [5, 5.41) is 1.02. The van der Waals surface area contributed by atoms with Crippen molar-refractivity contribution in [1.82, 2.24) is 0 Å². The third-order valence-corrected chi connectivity index (χ3v) is 4.64. The maximum absolute atomic E-state index is 11.8. The molecule has 21 heavy (non-hydrogen) atoms. The zero-order valence-electron chi connectivity index (χ0n) is 13.3. The van der Waals surface area contributed by atoms with Gasteiger partial charge in [-0.15, -0.1) is 11.8 Å². The van der Waals surface area contributed by atoms with E-state index in [4.69, 9.17) is 4.74 Å². The highest BCUT2D eigenvalue weighted by Crippen LogP contribution is 2.33. The van der Waals surface area contributed by atoms with E-state index >= 15 is 0 Å². The Balaban J connectivity index is 2.52. The summed E-state index contributed by atoms with van der Waals surface area (Å²) in [6, 6.07) is -0.361. The lowest BCUT2D eigenvalue weighted by molar-refractivity contribution is -0.144. The number of aliphatic imine (C=N–C) groups is 1. The second-order valence-corrected chi connectivity index (χ2v) is 6.46. The molecule has 0 N–H and O–H groups in total. The number of esters is 2. The molecule has 1 rings (SSSR count). The van der Waals surface area contributed by atoms with Crippen LogP contribution in [-0.4, -0.2) is 42.5 Å². The Bertz CT molecular complexity index is 395. The maximum Gasteiger partial charge on any atom is 0.330 e. The van der Waals surface area contributed by atoms with Crippen molar-refractivity contribution in [3.05, 3.63) is 0 Å². The molecule has 0 fully saturated rings. The second-order valence-electron chi connectivity index (χ2n) is 5.35. The van der Waals surface area contributed by atoms with E-state index in [9.17, 15) is 9.59 Å². The molecule has 120 valence electrons. The molecule has 0 aromatic rings. The summed E-state index contributed by atoms with van der Waals surface area (Å²) in [7, 11) is 1.40. The number of rotatable bonds is 7. The molecule has 0 unspecified atom stereocenters. The summed E-state index contributed by atoms with van der Waals surface area (Å²) in [4.78, 5) is 27.4. The van der Waals surface area contributed by atoms with Crippen molar-refractivity contribution in [2.75, 3.05) is 19.5 Å². The monoisotopic (exact) mass is 315 g/mol. The average molecular weight is 315 g/mol. The third-order valence-electron chi connectivity index (χ3n) is 3.44. The van der Waals surface area contributed by atoms with Crippen LogP contribution in [0.2, 0.25) is 0 Å². The molecule has 1 aliphatic rings. The van der Waals surface area contributed by atoms with Gasteiger partial charge in [-0.3, -0.25) is 9.79 Å². The van der Waals surface area contributed by atoms with Crippen molar-refractivity contribution < 1.29 is 19.1 Å². The summed E-state index contributed by atoms with van der Waals surface area (Å²) >= 11 is 1.65. The summed E-state index contributed by atoms with van der Waals surface area (Å²) in [6.45, 7) is 6.48. The minimum absolute atomic E-state index is 0.186. The summed E-state index contributed by atoms with van der Waals surface area (Å²) in [5.74, 6) is 1.15. The van der Waals surface area contributed by atoms with E-state index in [-0.39, 0.29) is 18.0 Å². The standard InChI is InChI=1S/C15H25NO4S/c1-5-20-15(18)12-9-11(10(2)3)14(16-12)21-8-6-7-13(17)19-4/h10-12H,5-9H2,1-4H3/t11-,12-/m1/s1. The van der Waals surface area contributed by atoms with E-state index in [0.717, 1.165) is 23.6 Å². The van der Waals surface area contributed by atoms with Crippen LogP contribution in [0.3, 0.4) is 0 Å². The third kappa shape index (κ3) is 5.69. The van der Waals surface area contributed by atoms with E-state index < -0.39 is 0 Å². The Kier molecular flexibility index (Phi) is 7.78. The molecule has 0 spiro atoms. The van der Waals surface area contributed by atoms with Crippen molar-refractivity contribution in [3.63, 3.8) is 0 Å². The van der Waals surface area contributed by atoms with Gasteiger partial charge in [0.15, 0.2) is 0 Å². The second kappa shape index (κ2) is 9.07. The van der Waals surface area contributed by atoms with Crippen LogP contribution >= 0.6 is 11.8 Å². The number of ether oxygens (including phenoxy) is 2. The van der Waals surface area contributed by atoms with Crippen molar-refractivity contribution in [2.24, 2.45) is 16.8 Å². The molecule has 6 heteroatoms. The summed E-state index contributed by atoms with van der Waals surface area (Å²) in [5.41, 5.74) is 0. The van der Waals surface area contributed by atoms with E-state index in [0.29, 0.717) is 24.9 Å². The van der Waals surface area contributed by atoms with Crippen molar-refractivity contribution >= 4 is 28.7 Å². The summed E-state index contributed by atoms with van der Waals surface area (Å²) < 4.78 is 9.67. The Hall–Kier alpha value is -1.04. The molecule has 0 saturated carbocycles. The van der Waals surface area contributed by atoms with Crippen molar-refractivity contribution in [3.8, 4) is 0 Å². The number of hydrogen-bond donors (Lipinski definition) is 0. The van der Waals surface area contributed by atoms with Crippen LogP contribution in [0.4, 0.5) is 0 Å². The van der Waals surface area contributed by atoms with Gasteiger partial charge in [0.25, 0.3) is 0 Å². The molecule has 2 atom stereocenters. The first kappa shape index (κ1) is 18.0. The minimum Gasteiger partial charge on any atom is -0.469 e. The van der Waals surface area contributed by atoms with E-state index in [1.54, 1.807) is 18.7 Å². The lowest BCUT2D eigenvalue weighted by Gasteiger charge is -2.16. The highest BCUT2D eigenvalue weighted by molar-refractivity contribution is 8.14. The van der Waals surface area contributed by atoms with Crippen LogP contribution in [0.15, 0.2) is 4.99 Å². The largest absolute Gasteiger partial charge is 0.469 e. The SMILES string of the molecule is CCOC(=O)[C@H]1C[C@H](C(C)C)C(SCCCC(=O)OC)=N1. The first-order valence-electron chi connectivity index (χ1n) is 7.43. The predicted octanol–water partition coefficient (Wildman–Crippen LogP) is 2.68. The molecular formula is C15H25NO4S. The van der Waals surface area contributed by atoms with Gasteiger partial charge in [0, 0.05) is 12.3 Å². The van der Waals surface area contributed by atoms with E-state index in [1.165, 1.54) is 7.11 Å². The average Bonchev–Trinajstić information content (AvgIpc) is 2.88. The van der Waals surface area contributed by atoms with Crippen molar-refractivity contribution in [2.45, 2.75) is 46.1 Å². The van der Waals surface area contributed by atoms with Gasteiger partial charge in [0.2, 0.25) is 0 Å². The molecule has 0 amide bonds. The molecule has 0 bridgehead atoms. The Morgan fingerprint density at radius 2 is 2.14 bits per heavy atom. The van der Waals surface area contributed by atoms with Crippen LogP contribution in [0, 0.1) is 11.8 Å². The van der Waals surface area contributed by atoms with Crippen molar-refractivity contribution in [1.29, 1.82) is 0 Å². The molecule has 0 saturated heterocycles. The first-order chi connectivity index (χ1) is 9.99. The number of carbonyl (C=O) groups is 2. The zero-order valence-corrected chi connectivity index (χ0v) is 14.1. The number of methoxy groups -OCH3 is 1. The number of hydrogen-bond acceptors (Lipinski definition) is 6. The van der Waals surface area contributed by atoms with Gasteiger partial charge in [0.05, 0.1) is 18.8 Å². The molecule has 0 radical (unpaired) electrons. The Labute approximate surface area is 130 Å². The first-order valence-corrected chi connectivity index (χ1v) is 8.42. The van der Waals surface area contributed by atoms with Gasteiger partial charge in [-0.2, -0.15) is 0 Å². The smallest absolute Gasteiger partial charge is 0.330 e. The highest BCUT2D eigenvalue weighted by Gasteiger charge is 2.35. The number of carbonyl (C=O) groups excluding carboxylic acids is 2. The van der Waals surface area contributed by atoms with Gasteiger partial charge < -0.3 is 9.47 Å². The van der Waals surface area contributed by atoms with Crippen LogP contribution in [0.25, 0.3) is 0 Å².